The molecule has 0 heterocycles. The number of hydrogen-bond acceptors (Lipinski definition) is 2. The Bertz CT molecular complexity index is 649. The van der Waals surface area contributed by atoms with Crippen molar-refractivity contribution in [2.45, 2.75) is 33.7 Å². The summed E-state index contributed by atoms with van der Waals surface area (Å²) in [5, 5.41) is 6.21. The predicted octanol–water partition coefficient (Wildman–Crippen LogP) is 4.05. The van der Waals surface area contributed by atoms with Crippen molar-refractivity contribution in [2.75, 3.05) is 10.6 Å². The summed E-state index contributed by atoms with van der Waals surface area (Å²) in [6, 6.07) is 13.8. The van der Waals surface area contributed by atoms with Gasteiger partial charge < -0.3 is 10.6 Å². The van der Waals surface area contributed by atoms with Gasteiger partial charge in [0.1, 0.15) is 6.04 Å². The summed E-state index contributed by atoms with van der Waals surface area (Å²) in [7, 11) is 0. The standard InChI is InChI=1S/C18H22N2O/c1-12-6-5-7-16(10-12)19-15(4)18(21)20-17-11-13(2)8-9-14(17)3/h5-11,15,19H,1-4H3,(H,20,21). The Kier molecular flexibility index (Phi) is 4.63. The lowest BCUT2D eigenvalue weighted by Crippen LogP contribution is -2.32. The van der Waals surface area contributed by atoms with Crippen molar-refractivity contribution in [3.63, 3.8) is 0 Å². The maximum Gasteiger partial charge on any atom is 0.246 e. The van der Waals surface area contributed by atoms with Gasteiger partial charge in [0.2, 0.25) is 5.91 Å². The Morgan fingerprint density at radius 2 is 1.71 bits per heavy atom. The smallest absolute Gasteiger partial charge is 0.246 e. The van der Waals surface area contributed by atoms with Crippen LogP contribution in [0.3, 0.4) is 0 Å². The lowest BCUT2D eigenvalue weighted by molar-refractivity contribution is -0.116. The molecule has 3 nitrogen and oxygen atoms in total. The molecule has 0 aliphatic carbocycles. The lowest BCUT2D eigenvalue weighted by Gasteiger charge is -2.17. The van der Waals surface area contributed by atoms with E-state index in [1.807, 2.05) is 70.2 Å². The van der Waals surface area contributed by atoms with Crippen LogP contribution < -0.4 is 10.6 Å². The van der Waals surface area contributed by atoms with E-state index in [-0.39, 0.29) is 11.9 Å². The van der Waals surface area contributed by atoms with Crippen LogP contribution in [0.4, 0.5) is 11.4 Å². The van der Waals surface area contributed by atoms with Gasteiger partial charge in [-0.1, -0.05) is 24.3 Å². The average Bonchev–Trinajstić information content (AvgIpc) is 2.43. The third-order valence-corrected chi connectivity index (χ3v) is 3.45. The molecule has 110 valence electrons. The van der Waals surface area contributed by atoms with Crippen molar-refractivity contribution in [3.8, 4) is 0 Å². The quantitative estimate of drug-likeness (QED) is 0.888. The van der Waals surface area contributed by atoms with Gasteiger partial charge in [-0.3, -0.25) is 4.79 Å². The monoisotopic (exact) mass is 282 g/mol. The molecule has 0 aliphatic rings. The van der Waals surface area contributed by atoms with Gasteiger partial charge in [0, 0.05) is 11.4 Å². The van der Waals surface area contributed by atoms with Crippen LogP contribution in [0.15, 0.2) is 42.5 Å². The molecule has 0 saturated carbocycles. The van der Waals surface area contributed by atoms with Crippen LogP contribution in [0.5, 0.6) is 0 Å². The van der Waals surface area contributed by atoms with E-state index in [1.54, 1.807) is 0 Å². The Hall–Kier alpha value is -2.29. The molecular formula is C18H22N2O. The van der Waals surface area contributed by atoms with Crippen LogP contribution in [0.1, 0.15) is 23.6 Å². The number of hydrogen-bond donors (Lipinski definition) is 2. The number of aryl methyl sites for hydroxylation is 3. The summed E-state index contributed by atoms with van der Waals surface area (Å²) in [5.74, 6) is -0.0368. The molecule has 2 aromatic rings. The van der Waals surface area contributed by atoms with Crippen LogP contribution in [-0.2, 0) is 4.79 Å². The van der Waals surface area contributed by atoms with Gasteiger partial charge in [-0.05, 0) is 62.6 Å². The van der Waals surface area contributed by atoms with Crippen molar-refractivity contribution in [1.29, 1.82) is 0 Å². The highest BCUT2D eigenvalue weighted by Crippen LogP contribution is 2.17. The van der Waals surface area contributed by atoms with Gasteiger partial charge in [-0.15, -0.1) is 0 Å². The van der Waals surface area contributed by atoms with E-state index in [0.717, 1.165) is 22.5 Å². The van der Waals surface area contributed by atoms with Crippen LogP contribution in [-0.4, -0.2) is 11.9 Å². The van der Waals surface area contributed by atoms with Gasteiger partial charge in [0.25, 0.3) is 0 Å². The molecule has 0 fully saturated rings. The van der Waals surface area contributed by atoms with Gasteiger partial charge >= 0.3 is 0 Å². The molecule has 0 bridgehead atoms. The minimum Gasteiger partial charge on any atom is -0.374 e. The van der Waals surface area contributed by atoms with Gasteiger partial charge in [0.15, 0.2) is 0 Å². The van der Waals surface area contributed by atoms with Crippen molar-refractivity contribution >= 4 is 17.3 Å². The fourth-order valence-corrected chi connectivity index (χ4v) is 2.16. The summed E-state index contributed by atoms with van der Waals surface area (Å²) >= 11 is 0. The van der Waals surface area contributed by atoms with Crippen molar-refractivity contribution in [2.24, 2.45) is 0 Å². The molecule has 3 heteroatoms. The molecule has 1 unspecified atom stereocenters. The fraction of sp³-hybridized carbons (Fsp3) is 0.278. The summed E-state index contributed by atoms with van der Waals surface area (Å²) in [6.07, 6.45) is 0. The normalized spacial score (nSPS) is 11.8. The van der Waals surface area contributed by atoms with E-state index in [9.17, 15) is 4.79 Å². The Morgan fingerprint density at radius 3 is 2.43 bits per heavy atom. The first-order chi connectivity index (χ1) is 9.95. The van der Waals surface area contributed by atoms with E-state index in [0.29, 0.717) is 0 Å². The second-order valence-electron chi connectivity index (χ2n) is 5.54. The number of carbonyl (C=O) groups is 1. The summed E-state index contributed by atoms with van der Waals surface area (Å²) in [5.41, 5.74) is 5.20. The van der Waals surface area contributed by atoms with E-state index >= 15 is 0 Å². The van der Waals surface area contributed by atoms with E-state index in [4.69, 9.17) is 0 Å². The first-order valence-corrected chi connectivity index (χ1v) is 7.17. The van der Waals surface area contributed by atoms with Crippen molar-refractivity contribution in [1.82, 2.24) is 0 Å². The molecule has 1 atom stereocenters. The zero-order valence-corrected chi connectivity index (χ0v) is 13.0. The number of amides is 1. The molecule has 0 spiro atoms. The SMILES string of the molecule is Cc1cccc(NC(C)C(=O)Nc2cc(C)ccc2C)c1. The number of anilines is 2. The average molecular weight is 282 g/mol. The Labute approximate surface area is 126 Å². The van der Waals surface area contributed by atoms with Crippen LogP contribution >= 0.6 is 0 Å². The molecule has 0 aromatic heterocycles. The van der Waals surface area contributed by atoms with Crippen LogP contribution in [0.2, 0.25) is 0 Å². The highest BCUT2D eigenvalue weighted by atomic mass is 16.2. The maximum atomic E-state index is 12.3. The van der Waals surface area contributed by atoms with Gasteiger partial charge in [-0.2, -0.15) is 0 Å². The number of rotatable bonds is 4. The largest absolute Gasteiger partial charge is 0.374 e. The van der Waals surface area contributed by atoms with E-state index in [1.165, 1.54) is 5.56 Å². The van der Waals surface area contributed by atoms with Gasteiger partial charge in [-0.25, -0.2) is 0 Å². The molecule has 2 aromatic carbocycles. The molecule has 1 amide bonds. The Balaban J connectivity index is 2.04. The zero-order chi connectivity index (χ0) is 15.4. The van der Waals surface area contributed by atoms with Crippen LogP contribution in [0, 0.1) is 20.8 Å². The Morgan fingerprint density at radius 1 is 1.00 bits per heavy atom. The zero-order valence-electron chi connectivity index (χ0n) is 13.0. The minimum atomic E-state index is -0.299. The molecule has 2 rings (SSSR count). The number of nitrogens with one attached hydrogen (secondary N) is 2. The summed E-state index contributed by atoms with van der Waals surface area (Å²) < 4.78 is 0. The highest BCUT2D eigenvalue weighted by Gasteiger charge is 2.13. The second-order valence-corrected chi connectivity index (χ2v) is 5.54. The summed E-state index contributed by atoms with van der Waals surface area (Å²) in [6.45, 7) is 7.91. The minimum absolute atomic E-state index is 0.0368. The topological polar surface area (TPSA) is 41.1 Å². The molecular weight excluding hydrogens is 260 g/mol. The molecule has 0 saturated heterocycles. The van der Waals surface area contributed by atoms with E-state index < -0.39 is 0 Å². The third kappa shape index (κ3) is 4.09. The lowest BCUT2D eigenvalue weighted by atomic mass is 10.1. The van der Waals surface area contributed by atoms with Crippen molar-refractivity contribution in [3.05, 3.63) is 59.2 Å². The molecule has 0 aliphatic heterocycles. The highest BCUT2D eigenvalue weighted by molar-refractivity contribution is 5.96. The first kappa shape index (κ1) is 15.1. The second kappa shape index (κ2) is 6.44. The van der Waals surface area contributed by atoms with E-state index in [2.05, 4.69) is 10.6 Å². The summed E-state index contributed by atoms with van der Waals surface area (Å²) in [4.78, 5) is 12.3. The van der Waals surface area contributed by atoms with Crippen LogP contribution in [0.25, 0.3) is 0 Å². The molecule has 0 radical (unpaired) electrons. The van der Waals surface area contributed by atoms with Crippen molar-refractivity contribution < 1.29 is 4.79 Å². The number of benzene rings is 2. The predicted molar refractivity (Wildman–Crippen MR) is 88.8 cm³/mol. The fourth-order valence-electron chi connectivity index (χ4n) is 2.16. The maximum absolute atomic E-state index is 12.3. The number of carbonyl (C=O) groups excluding carboxylic acids is 1. The first-order valence-electron chi connectivity index (χ1n) is 7.17. The molecule has 21 heavy (non-hydrogen) atoms. The molecule has 2 N–H and O–H groups in total. The van der Waals surface area contributed by atoms with Gasteiger partial charge in [0.05, 0.1) is 0 Å². The third-order valence-electron chi connectivity index (χ3n) is 3.45.